The molecule has 0 amide bonds. The fourth-order valence-electron chi connectivity index (χ4n) is 3.10. The Morgan fingerprint density at radius 3 is 2.79 bits per heavy atom. The minimum atomic E-state index is 0.749. The molecule has 1 heterocycles. The van der Waals surface area contributed by atoms with E-state index in [1.54, 1.807) is 0 Å². The van der Waals surface area contributed by atoms with Gasteiger partial charge in [0.15, 0.2) is 0 Å². The van der Waals surface area contributed by atoms with Crippen LogP contribution in [0.15, 0.2) is 0 Å². The zero-order valence-electron chi connectivity index (χ0n) is 9.63. The Kier molecular flexibility index (Phi) is 3.45. The molecular formula is C12H24N2. The smallest absolute Gasteiger partial charge is 0.0195 e. The Balaban J connectivity index is 1.91. The van der Waals surface area contributed by atoms with Crippen LogP contribution in [0.2, 0.25) is 0 Å². The predicted molar refractivity (Wildman–Crippen MR) is 60.5 cm³/mol. The lowest BCUT2D eigenvalue weighted by Crippen LogP contribution is -2.54. The minimum Gasteiger partial charge on any atom is -0.314 e. The molecule has 0 bridgehead atoms. The highest BCUT2D eigenvalue weighted by Crippen LogP contribution is 2.28. The van der Waals surface area contributed by atoms with E-state index >= 15 is 0 Å². The van der Waals surface area contributed by atoms with Gasteiger partial charge in [-0.2, -0.15) is 0 Å². The summed E-state index contributed by atoms with van der Waals surface area (Å²) in [5.74, 6) is 0.954. The minimum absolute atomic E-state index is 0.749. The summed E-state index contributed by atoms with van der Waals surface area (Å²) in [5, 5.41) is 3.47. The second-order valence-electron chi connectivity index (χ2n) is 5.22. The Morgan fingerprint density at radius 2 is 2.07 bits per heavy atom. The summed E-state index contributed by atoms with van der Waals surface area (Å²) in [4.78, 5) is 2.74. The van der Waals surface area contributed by atoms with Crippen molar-refractivity contribution < 1.29 is 0 Å². The summed E-state index contributed by atoms with van der Waals surface area (Å²) in [5.41, 5.74) is 0. The van der Waals surface area contributed by atoms with E-state index in [1.807, 2.05) is 0 Å². The van der Waals surface area contributed by atoms with Gasteiger partial charge in [0.05, 0.1) is 0 Å². The van der Waals surface area contributed by atoms with E-state index in [0.717, 1.165) is 18.0 Å². The van der Waals surface area contributed by atoms with E-state index in [2.05, 4.69) is 24.1 Å². The first-order valence-electron chi connectivity index (χ1n) is 6.24. The van der Waals surface area contributed by atoms with Gasteiger partial charge >= 0.3 is 0 Å². The van der Waals surface area contributed by atoms with Gasteiger partial charge in [0.25, 0.3) is 0 Å². The molecule has 0 aromatic heterocycles. The highest BCUT2D eigenvalue weighted by Gasteiger charge is 2.28. The van der Waals surface area contributed by atoms with Crippen LogP contribution in [0.1, 0.15) is 39.5 Å². The number of rotatable bonds is 1. The lowest BCUT2D eigenvalue weighted by Gasteiger charge is -2.43. The standard InChI is InChI=1S/C12H24N2/c1-10-4-3-5-12(8-10)14-7-6-13-9-11(14)2/h10-13H,3-9H2,1-2H3. The molecule has 1 N–H and O–H groups in total. The molecule has 0 radical (unpaired) electrons. The van der Waals surface area contributed by atoms with Crippen LogP contribution in [0.5, 0.6) is 0 Å². The molecule has 2 heteroatoms. The number of hydrogen-bond acceptors (Lipinski definition) is 2. The van der Waals surface area contributed by atoms with Gasteiger partial charge < -0.3 is 5.32 Å². The Bertz CT molecular complexity index is 181. The third kappa shape index (κ3) is 2.29. The zero-order valence-corrected chi connectivity index (χ0v) is 9.63. The maximum absolute atomic E-state index is 3.47. The Morgan fingerprint density at radius 1 is 1.21 bits per heavy atom. The molecule has 0 aromatic carbocycles. The fourth-order valence-corrected chi connectivity index (χ4v) is 3.10. The van der Waals surface area contributed by atoms with Crippen LogP contribution in [0.3, 0.4) is 0 Å². The normalized spacial score (nSPS) is 41.1. The highest BCUT2D eigenvalue weighted by atomic mass is 15.2. The first kappa shape index (κ1) is 10.4. The average Bonchev–Trinajstić information content (AvgIpc) is 2.18. The lowest BCUT2D eigenvalue weighted by atomic mass is 9.85. The van der Waals surface area contributed by atoms with E-state index in [-0.39, 0.29) is 0 Å². The van der Waals surface area contributed by atoms with Crippen LogP contribution >= 0.6 is 0 Å². The monoisotopic (exact) mass is 196 g/mol. The zero-order chi connectivity index (χ0) is 9.97. The first-order valence-corrected chi connectivity index (χ1v) is 6.24. The van der Waals surface area contributed by atoms with Crippen molar-refractivity contribution in [2.24, 2.45) is 5.92 Å². The number of hydrogen-bond donors (Lipinski definition) is 1. The molecule has 0 aromatic rings. The van der Waals surface area contributed by atoms with E-state index in [1.165, 1.54) is 45.3 Å². The van der Waals surface area contributed by atoms with Crippen molar-refractivity contribution in [3.63, 3.8) is 0 Å². The van der Waals surface area contributed by atoms with Gasteiger partial charge in [0.1, 0.15) is 0 Å². The molecule has 1 aliphatic heterocycles. The van der Waals surface area contributed by atoms with Crippen molar-refractivity contribution in [2.75, 3.05) is 19.6 Å². The van der Waals surface area contributed by atoms with Crippen molar-refractivity contribution in [3.05, 3.63) is 0 Å². The van der Waals surface area contributed by atoms with Gasteiger partial charge in [-0.3, -0.25) is 4.90 Å². The topological polar surface area (TPSA) is 15.3 Å². The summed E-state index contributed by atoms with van der Waals surface area (Å²) >= 11 is 0. The lowest BCUT2D eigenvalue weighted by molar-refractivity contribution is 0.0778. The molecular weight excluding hydrogens is 172 g/mol. The molecule has 1 aliphatic carbocycles. The second kappa shape index (κ2) is 4.63. The van der Waals surface area contributed by atoms with Gasteiger partial charge in [0.2, 0.25) is 0 Å². The summed E-state index contributed by atoms with van der Waals surface area (Å²) in [6, 6.07) is 1.63. The fraction of sp³-hybridized carbons (Fsp3) is 1.00. The summed E-state index contributed by atoms with van der Waals surface area (Å²) < 4.78 is 0. The van der Waals surface area contributed by atoms with Crippen LogP contribution in [0, 0.1) is 5.92 Å². The van der Waals surface area contributed by atoms with E-state index < -0.39 is 0 Å². The van der Waals surface area contributed by atoms with Gasteiger partial charge in [-0.1, -0.05) is 19.8 Å². The van der Waals surface area contributed by atoms with Gasteiger partial charge in [-0.05, 0) is 25.7 Å². The molecule has 1 saturated heterocycles. The summed E-state index contributed by atoms with van der Waals surface area (Å²) in [6.07, 6.45) is 5.78. The molecule has 2 rings (SSSR count). The number of piperazine rings is 1. The largest absolute Gasteiger partial charge is 0.314 e. The van der Waals surface area contributed by atoms with Crippen molar-refractivity contribution in [1.29, 1.82) is 0 Å². The molecule has 2 nitrogen and oxygen atoms in total. The van der Waals surface area contributed by atoms with Crippen LogP contribution in [0.25, 0.3) is 0 Å². The van der Waals surface area contributed by atoms with Gasteiger partial charge in [-0.15, -0.1) is 0 Å². The predicted octanol–water partition coefficient (Wildman–Crippen LogP) is 1.86. The first-order chi connectivity index (χ1) is 6.77. The molecule has 1 saturated carbocycles. The Hall–Kier alpha value is -0.0800. The summed E-state index contributed by atoms with van der Waals surface area (Å²) in [6.45, 7) is 8.42. The van der Waals surface area contributed by atoms with Crippen LogP contribution in [-0.2, 0) is 0 Å². The third-order valence-electron chi connectivity index (χ3n) is 3.93. The number of nitrogens with one attached hydrogen (secondary N) is 1. The highest BCUT2D eigenvalue weighted by molar-refractivity contribution is 4.85. The van der Waals surface area contributed by atoms with Crippen molar-refractivity contribution in [2.45, 2.75) is 51.6 Å². The molecule has 3 unspecified atom stereocenters. The second-order valence-corrected chi connectivity index (χ2v) is 5.22. The molecule has 0 spiro atoms. The molecule has 2 fully saturated rings. The van der Waals surface area contributed by atoms with Gasteiger partial charge in [0, 0.05) is 31.7 Å². The van der Waals surface area contributed by atoms with Crippen molar-refractivity contribution >= 4 is 0 Å². The van der Waals surface area contributed by atoms with E-state index in [0.29, 0.717) is 0 Å². The van der Waals surface area contributed by atoms with Crippen LogP contribution < -0.4 is 5.32 Å². The summed E-state index contributed by atoms with van der Waals surface area (Å²) in [7, 11) is 0. The molecule has 82 valence electrons. The van der Waals surface area contributed by atoms with Gasteiger partial charge in [-0.25, -0.2) is 0 Å². The Labute approximate surface area is 88.1 Å². The molecule has 14 heavy (non-hydrogen) atoms. The van der Waals surface area contributed by atoms with Crippen LogP contribution in [0.4, 0.5) is 0 Å². The quantitative estimate of drug-likeness (QED) is 0.688. The third-order valence-corrected chi connectivity index (χ3v) is 3.93. The van der Waals surface area contributed by atoms with Crippen LogP contribution in [-0.4, -0.2) is 36.6 Å². The maximum Gasteiger partial charge on any atom is 0.0195 e. The molecule has 3 atom stereocenters. The van der Waals surface area contributed by atoms with Crippen molar-refractivity contribution in [1.82, 2.24) is 10.2 Å². The van der Waals surface area contributed by atoms with E-state index in [9.17, 15) is 0 Å². The number of nitrogens with zero attached hydrogens (tertiary/aromatic N) is 1. The molecule has 2 aliphatic rings. The van der Waals surface area contributed by atoms with E-state index in [4.69, 9.17) is 0 Å². The average molecular weight is 196 g/mol. The SMILES string of the molecule is CC1CCCC(N2CCNCC2C)C1. The maximum atomic E-state index is 3.47. The van der Waals surface area contributed by atoms with Crippen molar-refractivity contribution in [3.8, 4) is 0 Å².